The molecule has 0 aliphatic carbocycles. The highest BCUT2D eigenvalue weighted by molar-refractivity contribution is 9.10. The molecule has 0 bridgehead atoms. The van der Waals surface area contributed by atoms with Crippen LogP contribution in [0.15, 0.2) is 33.3 Å². The fourth-order valence-electron chi connectivity index (χ4n) is 1.41. The van der Waals surface area contributed by atoms with Crippen LogP contribution in [-0.2, 0) is 6.54 Å². The lowest BCUT2D eigenvalue weighted by atomic mass is 10.2. The molecule has 0 fully saturated rings. The number of hydrogen-bond acceptors (Lipinski definition) is 3. The molecule has 0 spiro atoms. The van der Waals surface area contributed by atoms with E-state index in [1.54, 1.807) is 13.1 Å². The van der Waals surface area contributed by atoms with Gasteiger partial charge in [-0.2, -0.15) is 0 Å². The maximum atomic E-state index is 13.4. The first-order valence-corrected chi connectivity index (χ1v) is 6.00. The van der Waals surface area contributed by atoms with Gasteiger partial charge in [0.25, 0.3) is 5.91 Å². The second kappa shape index (κ2) is 5.30. The molecule has 6 heteroatoms. The average molecular weight is 313 g/mol. The van der Waals surface area contributed by atoms with Crippen LogP contribution in [0.25, 0.3) is 0 Å². The molecule has 4 nitrogen and oxygen atoms in total. The average Bonchev–Trinajstić information content (AvgIpc) is 2.75. The molecule has 94 valence electrons. The number of carbonyl (C=O) groups is 1. The number of aryl methyl sites for hydroxylation is 1. The van der Waals surface area contributed by atoms with E-state index in [0.29, 0.717) is 16.1 Å². The van der Waals surface area contributed by atoms with Crippen LogP contribution in [0.2, 0.25) is 0 Å². The molecule has 1 heterocycles. The Morgan fingerprint density at radius 1 is 1.56 bits per heavy atom. The van der Waals surface area contributed by atoms with Gasteiger partial charge >= 0.3 is 0 Å². The third-order valence-electron chi connectivity index (χ3n) is 2.24. The largest absolute Gasteiger partial charge is 0.444 e. The van der Waals surface area contributed by atoms with Gasteiger partial charge in [-0.1, -0.05) is 15.9 Å². The van der Waals surface area contributed by atoms with Crippen molar-refractivity contribution in [3.05, 3.63) is 51.9 Å². The maximum absolute atomic E-state index is 13.4. The van der Waals surface area contributed by atoms with Gasteiger partial charge in [-0.15, -0.1) is 0 Å². The van der Waals surface area contributed by atoms with Crippen molar-refractivity contribution in [2.75, 3.05) is 0 Å². The molecule has 18 heavy (non-hydrogen) atoms. The zero-order valence-electron chi connectivity index (χ0n) is 9.54. The van der Waals surface area contributed by atoms with Crippen molar-refractivity contribution in [1.29, 1.82) is 0 Å². The van der Waals surface area contributed by atoms with Crippen LogP contribution in [0.5, 0.6) is 0 Å². The minimum Gasteiger partial charge on any atom is -0.444 e. The molecule has 2 rings (SSSR count). The van der Waals surface area contributed by atoms with Crippen molar-refractivity contribution < 1.29 is 13.6 Å². The molecule has 0 atom stereocenters. The van der Waals surface area contributed by atoms with E-state index < -0.39 is 11.7 Å². The standard InChI is InChI=1S/C12H10BrFN2O2/c1-7-5-15-11(18-7)6-16-12(17)9-4-8(13)2-3-10(9)14/h2-5H,6H2,1H3,(H,16,17). The Balaban J connectivity index is 2.05. The SMILES string of the molecule is Cc1cnc(CNC(=O)c2cc(Br)ccc2F)o1. The minimum absolute atomic E-state index is 0.0207. The Bertz CT molecular complexity index is 583. The highest BCUT2D eigenvalue weighted by Crippen LogP contribution is 2.15. The summed E-state index contributed by atoms with van der Waals surface area (Å²) in [5.41, 5.74) is -0.0207. The predicted octanol–water partition coefficient (Wildman–Crippen LogP) is 2.81. The summed E-state index contributed by atoms with van der Waals surface area (Å²) in [6.45, 7) is 1.88. The summed E-state index contributed by atoms with van der Waals surface area (Å²) in [7, 11) is 0. The summed E-state index contributed by atoms with van der Waals surface area (Å²) in [4.78, 5) is 15.7. The van der Waals surface area contributed by atoms with Gasteiger partial charge in [-0.05, 0) is 25.1 Å². The molecule has 2 aromatic rings. The lowest BCUT2D eigenvalue weighted by Gasteiger charge is -2.04. The van der Waals surface area contributed by atoms with E-state index in [-0.39, 0.29) is 12.1 Å². The lowest BCUT2D eigenvalue weighted by molar-refractivity contribution is 0.0943. The van der Waals surface area contributed by atoms with Crippen LogP contribution >= 0.6 is 15.9 Å². The smallest absolute Gasteiger partial charge is 0.254 e. The first kappa shape index (κ1) is 12.8. The van der Waals surface area contributed by atoms with Crippen LogP contribution in [-0.4, -0.2) is 10.9 Å². The third kappa shape index (κ3) is 2.95. The van der Waals surface area contributed by atoms with Crippen LogP contribution in [0.4, 0.5) is 4.39 Å². The van der Waals surface area contributed by atoms with Gasteiger partial charge in [-0.25, -0.2) is 9.37 Å². The van der Waals surface area contributed by atoms with E-state index in [1.165, 1.54) is 18.2 Å². The molecule has 0 saturated carbocycles. The number of nitrogens with zero attached hydrogens (tertiary/aromatic N) is 1. The van der Waals surface area contributed by atoms with Crippen LogP contribution in [0.3, 0.4) is 0 Å². The van der Waals surface area contributed by atoms with E-state index in [0.717, 1.165) is 0 Å². The number of aromatic nitrogens is 1. The quantitative estimate of drug-likeness (QED) is 0.948. The van der Waals surface area contributed by atoms with E-state index in [1.807, 2.05) is 0 Å². The second-order valence-corrected chi connectivity index (χ2v) is 4.59. The van der Waals surface area contributed by atoms with E-state index >= 15 is 0 Å². The molecule has 0 saturated heterocycles. The van der Waals surface area contributed by atoms with Crippen molar-refractivity contribution in [1.82, 2.24) is 10.3 Å². The molecular weight excluding hydrogens is 303 g/mol. The van der Waals surface area contributed by atoms with Gasteiger partial charge in [0.1, 0.15) is 11.6 Å². The van der Waals surface area contributed by atoms with Crippen molar-refractivity contribution in [3.8, 4) is 0 Å². The van der Waals surface area contributed by atoms with Crippen molar-refractivity contribution in [2.45, 2.75) is 13.5 Å². The highest BCUT2D eigenvalue weighted by Gasteiger charge is 2.12. The molecule has 1 N–H and O–H groups in total. The normalized spacial score (nSPS) is 10.4. The molecule has 0 aliphatic heterocycles. The third-order valence-corrected chi connectivity index (χ3v) is 2.74. The lowest BCUT2D eigenvalue weighted by Crippen LogP contribution is -2.24. The monoisotopic (exact) mass is 312 g/mol. The fourth-order valence-corrected chi connectivity index (χ4v) is 1.77. The van der Waals surface area contributed by atoms with Crippen molar-refractivity contribution in [3.63, 3.8) is 0 Å². The number of hydrogen-bond donors (Lipinski definition) is 1. The van der Waals surface area contributed by atoms with E-state index in [9.17, 15) is 9.18 Å². The van der Waals surface area contributed by atoms with Gasteiger partial charge in [0.2, 0.25) is 5.89 Å². The van der Waals surface area contributed by atoms with E-state index in [4.69, 9.17) is 4.42 Å². The van der Waals surface area contributed by atoms with Gasteiger partial charge in [-0.3, -0.25) is 4.79 Å². The number of halogens is 2. The predicted molar refractivity (Wildman–Crippen MR) is 66.5 cm³/mol. The van der Waals surface area contributed by atoms with Gasteiger partial charge in [0, 0.05) is 4.47 Å². The number of oxazole rings is 1. The summed E-state index contributed by atoms with van der Waals surface area (Å²) >= 11 is 3.19. The van der Waals surface area contributed by atoms with E-state index in [2.05, 4.69) is 26.2 Å². The minimum atomic E-state index is -0.570. The van der Waals surface area contributed by atoms with Crippen LogP contribution in [0, 0.1) is 12.7 Å². The Morgan fingerprint density at radius 3 is 3.00 bits per heavy atom. The summed E-state index contributed by atoms with van der Waals surface area (Å²) in [5.74, 6) is -0.0342. The molecular formula is C12H10BrFN2O2. The summed E-state index contributed by atoms with van der Waals surface area (Å²) < 4.78 is 19.3. The van der Waals surface area contributed by atoms with Crippen molar-refractivity contribution >= 4 is 21.8 Å². The first-order valence-electron chi connectivity index (χ1n) is 5.21. The fraction of sp³-hybridized carbons (Fsp3) is 0.167. The molecule has 0 radical (unpaired) electrons. The number of rotatable bonds is 3. The Hall–Kier alpha value is -1.69. The summed E-state index contributed by atoms with van der Waals surface area (Å²) in [5, 5.41) is 2.54. The summed E-state index contributed by atoms with van der Waals surface area (Å²) in [6, 6.07) is 4.18. The molecule has 0 unspecified atom stereocenters. The van der Waals surface area contributed by atoms with Gasteiger partial charge in [0.05, 0.1) is 18.3 Å². The van der Waals surface area contributed by atoms with Crippen LogP contribution < -0.4 is 5.32 Å². The topological polar surface area (TPSA) is 55.1 Å². The van der Waals surface area contributed by atoms with Gasteiger partial charge < -0.3 is 9.73 Å². The first-order chi connectivity index (χ1) is 8.56. The Kier molecular flexibility index (Phi) is 3.76. The second-order valence-electron chi connectivity index (χ2n) is 3.67. The molecule has 1 aromatic carbocycles. The zero-order valence-corrected chi connectivity index (χ0v) is 11.1. The highest BCUT2D eigenvalue weighted by atomic mass is 79.9. The molecule has 1 aromatic heterocycles. The van der Waals surface area contributed by atoms with Crippen LogP contribution in [0.1, 0.15) is 22.0 Å². The number of carbonyl (C=O) groups excluding carboxylic acids is 1. The molecule has 0 aliphatic rings. The van der Waals surface area contributed by atoms with Gasteiger partial charge in [0.15, 0.2) is 0 Å². The Morgan fingerprint density at radius 2 is 2.33 bits per heavy atom. The number of nitrogens with one attached hydrogen (secondary N) is 1. The number of benzene rings is 1. The number of amides is 1. The maximum Gasteiger partial charge on any atom is 0.254 e. The van der Waals surface area contributed by atoms with Crippen molar-refractivity contribution in [2.24, 2.45) is 0 Å². The molecule has 1 amide bonds. The Labute approximate surface area is 111 Å². The summed E-state index contributed by atoms with van der Waals surface area (Å²) in [6.07, 6.45) is 1.56. The zero-order chi connectivity index (χ0) is 13.1.